The number of carbonyl (C=O) groups is 1. The van der Waals surface area contributed by atoms with Gasteiger partial charge in [0.1, 0.15) is 0 Å². The number of hydrogen-bond donors (Lipinski definition) is 2. The van der Waals surface area contributed by atoms with E-state index in [1.165, 1.54) is 4.31 Å². The molecule has 7 heteroatoms. The molecule has 0 aromatic rings. The molecule has 0 aliphatic carbocycles. The Labute approximate surface area is 115 Å². The van der Waals surface area contributed by atoms with Crippen LogP contribution in [-0.4, -0.2) is 56.6 Å². The van der Waals surface area contributed by atoms with Crippen LogP contribution < -0.4 is 10.6 Å². The third kappa shape index (κ3) is 5.19. The van der Waals surface area contributed by atoms with E-state index in [0.717, 1.165) is 0 Å². The van der Waals surface area contributed by atoms with Crippen molar-refractivity contribution in [2.24, 2.45) is 0 Å². The van der Waals surface area contributed by atoms with Crippen LogP contribution in [0.2, 0.25) is 0 Å². The molecule has 2 N–H and O–H groups in total. The highest BCUT2D eigenvalue weighted by Gasteiger charge is 2.27. The van der Waals surface area contributed by atoms with Crippen LogP contribution in [0.15, 0.2) is 0 Å². The van der Waals surface area contributed by atoms with Crippen LogP contribution in [0.5, 0.6) is 0 Å². The van der Waals surface area contributed by atoms with Crippen LogP contribution in [-0.2, 0) is 14.8 Å². The van der Waals surface area contributed by atoms with E-state index in [1.54, 1.807) is 6.92 Å². The number of nitrogens with zero attached hydrogens (tertiary/aromatic N) is 1. The topological polar surface area (TPSA) is 78.5 Å². The van der Waals surface area contributed by atoms with Gasteiger partial charge in [-0.2, -0.15) is 0 Å². The Balaban J connectivity index is 2.31. The van der Waals surface area contributed by atoms with Crippen LogP contribution >= 0.6 is 0 Å². The highest BCUT2D eigenvalue weighted by Crippen LogP contribution is 2.14. The predicted octanol–water partition coefficient (Wildman–Crippen LogP) is -0.860. The van der Waals surface area contributed by atoms with Gasteiger partial charge in [0.2, 0.25) is 15.9 Å². The maximum atomic E-state index is 11.7. The van der Waals surface area contributed by atoms with Gasteiger partial charge in [0, 0.05) is 19.1 Å². The number of amides is 1. The first kappa shape index (κ1) is 16.0. The molecule has 0 unspecified atom stereocenters. The molecule has 1 fully saturated rings. The molecule has 1 aliphatic heterocycles. The zero-order valence-corrected chi connectivity index (χ0v) is 12.0. The third-order valence-corrected chi connectivity index (χ3v) is 4.97. The second-order valence-electron chi connectivity index (χ2n) is 4.45. The normalized spacial score (nSPS) is 17.9. The van der Waals surface area contributed by atoms with Gasteiger partial charge in [-0.15, -0.1) is 6.42 Å². The van der Waals surface area contributed by atoms with Gasteiger partial charge in [0.05, 0.1) is 18.8 Å². The molecule has 1 saturated heterocycles. The van der Waals surface area contributed by atoms with Crippen molar-refractivity contribution in [2.45, 2.75) is 25.8 Å². The lowest BCUT2D eigenvalue weighted by Gasteiger charge is -2.31. The SMILES string of the molecule is C#CCNCC(=O)NC1CCN(S(=O)(=O)CC)CC1. The lowest BCUT2D eigenvalue weighted by molar-refractivity contribution is -0.121. The summed E-state index contributed by atoms with van der Waals surface area (Å²) < 4.78 is 24.8. The van der Waals surface area contributed by atoms with E-state index < -0.39 is 10.0 Å². The molecule has 0 aromatic carbocycles. The van der Waals surface area contributed by atoms with Crippen LogP contribution in [0.1, 0.15) is 19.8 Å². The summed E-state index contributed by atoms with van der Waals surface area (Å²) >= 11 is 0. The molecule has 108 valence electrons. The van der Waals surface area contributed by atoms with E-state index in [2.05, 4.69) is 16.6 Å². The highest BCUT2D eigenvalue weighted by atomic mass is 32.2. The minimum Gasteiger partial charge on any atom is -0.352 e. The van der Waals surface area contributed by atoms with Gasteiger partial charge in [-0.25, -0.2) is 12.7 Å². The van der Waals surface area contributed by atoms with Gasteiger partial charge >= 0.3 is 0 Å². The molecule has 1 heterocycles. The molecule has 0 radical (unpaired) electrons. The Bertz CT molecular complexity index is 434. The fourth-order valence-electron chi connectivity index (χ4n) is 1.99. The molecule has 6 nitrogen and oxygen atoms in total. The number of terminal acetylenes is 1. The van der Waals surface area contributed by atoms with Crippen molar-refractivity contribution < 1.29 is 13.2 Å². The third-order valence-electron chi connectivity index (χ3n) is 3.09. The van der Waals surface area contributed by atoms with Gasteiger partial charge in [0.25, 0.3) is 0 Å². The maximum Gasteiger partial charge on any atom is 0.234 e. The average molecular weight is 287 g/mol. The number of rotatable bonds is 6. The fraction of sp³-hybridized carbons (Fsp3) is 0.750. The smallest absolute Gasteiger partial charge is 0.234 e. The molecule has 0 bridgehead atoms. The van der Waals surface area contributed by atoms with Crippen molar-refractivity contribution in [2.75, 3.05) is 31.9 Å². The summed E-state index contributed by atoms with van der Waals surface area (Å²) in [4.78, 5) is 11.5. The first-order chi connectivity index (χ1) is 8.99. The fourth-order valence-corrected chi connectivity index (χ4v) is 3.12. The largest absolute Gasteiger partial charge is 0.352 e. The van der Waals surface area contributed by atoms with E-state index in [0.29, 0.717) is 32.5 Å². The van der Waals surface area contributed by atoms with E-state index in [-0.39, 0.29) is 24.2 Å². The van der Waals surface area contributed by atoms with Gasteiger partial charge in [0.15, 0.2) is 0 Å². The first-order valence-electron chi connectivity index (χ1n) is 6.41. The van der Waals surface area contributed by atoms with Crippen LogP contribution in [0.3, 0.4) is 0 Å². The van der Waals surface area contributed by atoms with E-state index >= 15 is 0 Å². The number of hydrogen-bond acceptors (Lipinski definition) is 4. The number of carbonyl (C=O) groups excluding carboxylic acids is 1. The number of sulfonamides is 1. The quantitative estimate of drug-likeness (QED) is 0.492. The Morgan fingerprint density at radius 2 is 2.05 bits per heavy atom. The highest BCUT2D eigenvalue weighted by molar-refractivity contribution is 7.89. The minimum absolute atomic E-state index is 0.0449. The molecule has 0 atom stereocenters. The van der Waals surface area contributed by atoms with Crippen molar-refractivity contribution in [3.8, 4) is 12.3 Å². The van der Waals surface area contributed by atoms with E-state index in [4.69, 9.17) is 6.42 Å². The molecule has 1 rings (SSSR count). The minimum atomic E-state index is -3.10. The Hall–Kier alpha value is -1.10. The van der Waals surface area contributed by atoms with E-state index in [1.807, 2.05) is 0 Å². The summed E-state index contributed by atoms with van der Waals surface area (Å²) in [5.74, 6) is 2.41. The van der Waals surface area contributed by atoms with Crippen molar-refractivity contribution in [1.29, 1.82) is 0 Å². The second kappa shape index (κ2) is 7.48. The van der Waals surface area contributed by atoms with Crippen molar-refractivity contribution in [1.82, 2.24) is 14.9 Å². The zero-order chi connectivity index (χ0) is 14.3. The van der Waals surface area contributed by atoms with Crippen molar-refractivity contribution in [3.05, 3.63) is 0 Å². The molecule has 0 spiro atoms. The molecule has 0 aromatic heterocycles. The Kier molecular flexibility index (Phi) is 6.28. The van der Waals surface area contributed by atoms with Crippen LogP contribution in [0, 0.1) is 12.3 Å². The summed E-state index contributed by atoms with van der Waals surface area (Å²) in [5, 5.41) is 5.69. The van der Waals surface area contributed by atoms with E-state index in [9.17, 15) is 13.2 Å². The number of nitrogens with one attached hydrogen (secondary N) is 2. The summed E-state index contributed by atoms with van der Waals surface area (Å²) in [6.45, 7) is 3.14. The van der Waals surface area contributed by atoms with Crippen molar-refractivity contribution in [3.63, 3.8) is 0 Å². The predicted molar refractivity (Wildman–Crippen MR) is 73.9 cm³/mol. The first-order valence-corrected chi connectivity index (χ1v) is 8.02. The standard InChI is InChI=1S/C12H21N3O3S/c1-3-7-13-10-12(16)14-11-5-8-15(9-6-11)19(17,18)4-2/h1,11,13H,4-10H2,2H3,(H,14,16). The second-order valence-corrected chi connectivity index (χ2v) is 6.71. The lowest BCUT2D eigenvalue weighted by Crippen LogP contribution is -2.48. The summed E-state index contributed by atoms with van der Waals surface area (Å²) in [6.07, 6.45) is 6.37. The molecule has 0 saturated carbocycles. The average Bonchev–Trinajstić information content (AvgIpc) is 2.39. The molecular formula is C12H21N3O3S. The molecule has 1 aliphatic rings. The Morgan fingerprint density at radius 3 is 2.58 bits per heavy atom. The summed E-state index contributed by atoms with van der Waals surface area (Å²) in [5.41, 5.74) is 0. The van der Waals surface area contributed by atoms with Gasteiger partial charge < -0.3 is 5.32 Å². The van der Waals surface area contributed by atoms with Gasteiger partial charge in [-0.3, -0.25) is 10.1 Å². The maximum absolute atomic E-state index is 11.7. The van der Waals surface area contributed by atoms with Crippen LogP contribution in [0.4, 0.5) is 0 Å². The molecule has 19 heavy (non-hydrogen) atoms. The van der Waals surface area contributed by atoms with Gasteiger partial charge in [-0.05, 0) is 19.8 Å². The lowest BCUT2D eigenvalue weighted by atomic mass is 10.1. The zero-order valence-electron chi connectivity index (χ0n) is 11.2. The number of piperidine rings is 1. The summed E-state index contributed by atoms with van der Waals surface area (Å²) in [6, 6.07) is 0.0449. The van der Waals surface area contributed by atoms with Crippen LogP contribution in [0.25, 0.3) is 0 Å². The monoisotopic (exact) mass is 287 g/mol. The molecule has 1 amide bonds. The van der Waals surface area contributed by atoms with Gasteiger partial charge in [-0.1, -0.05) is 5.92 Å². The molecular weight excluding hydrogens is 266 g/mol. The van der Waals surface area contributed by atoms with Crippen molar-refractivity contribution >= 4 is 15.9 Å². The Morgan fingerprint density at radius 1 is 1.42 bits per heavy atom. The summed E-state index contributed by atoms with van der Waals surface area (Å²) in [7, 11) is -3.10.